The van der Waals surface area contributed by atoms with E-state index < -0.39 is 11.3 Å². The van der Waals surface area contributed by atoms with Gasteiger partial charge in [0.05, 0.1) is 45.9 Å². The number of nitrogens with one attached hydrogen (secondary N) is 2. The lowest BCUT2D eigenvalue weighted by molar-refractivity contribution is 0.0637. The highest BCUT2D eigenvalue weighted by Crippen LogP contribution is 2.63. The van der Waals surface area contributed by atoms with Crippen molar-refractivity contribution in [3.05, 3.63) is 111 Å². The van der Waals surface area contributed by atoms with E-state index in [4.69, 9.17) is 19.1 Å². The van der Waals surface area contributed by atoms with Crippen LogP contribution in [0.3, 0.4) is 0 Å². The van der Waals surface area contributed by atoms with Gasteiger partial charge in [0.15, 0.2) is 0 Å². The molecule has 4 aromatic heterocycles. The summed E-state index contributed by atoms with van der Waals surface area (Å²) in [7, 11) is 1.70. The van der Waals surface area contributed by atoms with Gasteiger partial charge in [-0.1, -0.05) is 24.3 Å². The number of H-pyrrole nitrogens is 1. The minimum atomic E-state index is -0.691. The minimum absolute atomic E-state index is 0.0443. The van der Waals surface area contributed by atoms with E-state index in [1.54, 1.807) is 36.8 Å². The highest BCUT2D eigenvalue weighted by atomic mass is 32.1. The number of rotatable bonds is 8. The van der Waals surface area contributed by atoms with Gasteiger partial charge in [-0.05, 0) is 96.9 Å². The molecule has 7 heterocycles. The molecule has 11 rings (SSSR count). The number of ether oxygens (including phenoxy) is 1. The summed E-state index contributed by atoms with van der Waals surface area (Å²) in [6.45, 7) is 0.713. The Kier molecular flexibility index (Phi) is 6.39. The summed E-state index contributed by atoms with van der Waals surface area (Å²) in [5.74, 6) is 1.20. The second-order valence-corrected chi connectivity index (χ2v) is 14.8. The van der Waals surface area contributed by atoms with Crippen LogP contribution in [0.4, 0.5) is 10.2 Å². The lowest BCUT2D eigenvalue weighted by atomic mass is 9.71. The molecular weight excluding hydrogens is 656 g/mol. The van der Waals surface area contributed by atoms with E-state index in [2.05, 4.69) is 27.6 Å². The van der Waals surface area contributed by atoms with Crippen LogP contribution in [-0.4, -0.2) is 44.6 Å². The van der Waals surface area contributed by atoms with Crippen molar-refractivity contribution >= 4 is 33.1 Å². The van der Waals surface area contributed by atoms with Crippen LogP contribution in [0.2, 0.25) is 0 Å². The summed E-state index contributed by atoms with van der Waals surface area (Å²) in [4.78, 5) is 39.7. The average Bonchev–Trinajstić information content (AvgIpc) is 3.96. The fourth-order valence-corrected chi connectivity index (χ4v) is 9.98. The van der Waals surface area contributed by atoms with Crippen molar-refractivity contribution in [1.29, 1.82) is 0 Å². The van der Waals surface area contributed by atoms with Gasteiger partial charge in [-0.3, -0.25) is 9.78 Å². The van der Waals surface area contributed by atoms with Crippen LogP contribution in [0.25, 0.3) is 32.0 Å². The summed E-state index contributed by atoms with van der Waals surface area (Å²) >= 11 is 1.55. The Hall–Kier alpha value is -5.36. The Morgan fingerprint density at radius 1 is 1.10 bits per heavy atom. The van der Waals surface area contributed by atoms with Crippen LogP contribution in [0.1, 0.15) is 63.7 Å². The number of aromatic nitrogens is 4. The standard InChI is InChI=1S/C38H31FN6O4S/c1-48-27-4-2-3-23-24(27)10-12-25(23)42-34-32-21(13-14-40-34)15-28(50-32)30-29(35-43-44-37(47)49-35)26(11-7-19-5-8-22(39)9-6-19)41-33-31(30)36(46)45-18-20-16-38(33,45)17-20/h2-6,8-9,13-15,20,25H,7,10-12,16-18H2,1H3,(H,40,42)(H,44,47)/t20?,25-,38?/m0/s1. The number of pyridine rings is 2. The van der Waals surface area contributed by atoms with E-state index >= 15 is 0 Å². The first kappa shape index (κ1) is 29.5. The van der Waals surface area contributed by atoms with Gasteiger partial charge in [0.2, 0.25) is 0 Å². The van der Waals surface area contributed by atoms with Crippen molar-refractivity contribution in [2.45, 2.75) is 50.1 Å². The largest absolute Gasteiger partial charge is 0.496 e. The van der Waals surface area contributed by atoms with Gasteiger partial charge >= 0.3 is 5.76 Å². The van der Waals surface area contributed by atoms with Gasteiger partial charge in [-0.15, -0.1) is 16.4 Å². The number of carbonyl (C=O) groups is 1. The highest BCUT2D eigenvalue weighted by molar-refractivity contribution is 7.23. The van der Waals surface area contributed by atoms with Crippen molar-refractivity contribution in [3.8, 4) is 27.6 Å². The molecule has 2 aliphatic carbocycles. The lowest BCUT2D eigenvalue weighted by Crippen LogP contribution is -2.40. The number of amides is 1. The molecular formula is C38H31FN6O4S. The van der Waals surface area contributed by atoms with Crippen molar-refractivity contribution < 1.29 is 18.3 Å². The third-order valence-corrected chi connectivity index (χ3v) is 12.2. The van der Waals surface area contributed by atoms with E-state index in [1.165, 1.54) is 23.3 Å². The van der Waals surface area contributed by atoms with Gasteiger partial charge in [0, 0.05) is 23.2 Å². The first-order valence-electron chi connectivity index (χ1n) is 16.9. The number of hydrogen-bond acceptors (Lipinski definition) is 9. The van der Waals surface area contributed by atoms with Gasteiger partial charge in [0.1, 0.15) is 17.4 Å². The number of methoxy groups -OCH3 is 1. The SMILES string of the molecule is COc1cccc2c1CC[C@@H]2Nc1nccc2cc(-c3c4c(nc(CCc5ccc(F)cc5)c3-c3n[nH]c(=O)o3)C35CC(CN3C4=O)C5)sc12. The summed E-state index contributed by atoms with van der Waals surface area (Å²) in [6.07, 6.45) is 6.45. The number of hydrogen-bond donors (Lipinski definition) is 2. The van der Waals surface area contributed by atoms with Crippen LogP contribution in [-0.2, 0) is 24.8 Å². The monoisotopic (exact) mass is 686 g/mol. The van der Waals surface area contributed by atoms with Gasteiger partial charge in [0.25, 0.3) is 11.8 Å². The fraction of sp³-hybridized carbons (Fsp3) is 0.289. The maximum atomic E-state index is 14.4. The number of halogens is 1. The van der Waals surface area contributed by atoms with Gasteiger partial charge in [-0.2, -0.15) is 0 Å². The van der Waals surface area contributed by atoms with Crippen molar-refractivity contribution in [3.63, 3.8) is 0 Å². The predicted octanol–water partition coefficient (Wildman–Crippen LogP) is 6.81. The number of aryl methyl sites for hydroxylation is 2. The van der Waals surface area contributed by atoms with Crippen LogP contribution >= 0.6 is 11.3 Å². The molecule has 12 heteroatoms. The number of thiophene rings is 1. The van der Waals surface area contributed by atoms with Crippen LogP contribution in [0.15, 0.2) is 70.0 Å². The quantitative estimate of drug-likeness (QED) is 0.179. The topological polar surface area (TPSA) is 126 Å². The lowest BCUT2D eigenvalue weighted by Gasteiger charge is -2.37. The fourth-order valence-electron chi connectivity index (χ4n) is 8.82. The third-order valence-electron chi connectivity index (χ3n) is 11.0. The molecule has 50 heavy (non-hydrogen) atoms. The maximum Gasteiger partial charge on any atom is 0.434 e. The zero-order chi connectivity index (χ0) is 33.7. The van der Waals surface area contributed by atoms with Crippen molar-refractivity contribution in [1.82, 2.24) is 25.1 Å². The number of fused-ring (bicyclic) bond motifs is 3. The molecule has 0 unspecified atom stereocenters. The molecule has 3 aliphatic heterocycles. The molecule has 2 saturated heterocycles. The summed E-state index contributed by atoms with van der Waals surface area (Å²) in [5, 5.41) is 11.4. The summed E-state index contributed by atoms with van der Waals surface area (Å²) < 4.78 is 26.0. The maximum absolute atomic E-state index is 14.4. The number of benzene rings is 2. The van der Waals surface area contributed by atoms with Crippen LogP contribution in [0, 0.1) is 11.7 Å². The number of carbonyl (C=O) groups excluding carboxylic acids is 1. The van der Waals surface area contributed by atoms with E-state index in [1.807, 2.05) is 23.1 Å². The first-order valence-corrected chi connectivity index (χ1v) is 17.7. The Labute approximate surface area is 289 Å². The summed E-state index contributed by atoms with van der Waals surface area (Å²) in [5.41, 5.74) is 6.20. The molecule has 0 radical (unpaired) electrons. The van der Waals surface area contributed by atoms with Crippen molar-refractivity contribution in [2.24, 2.45) is 5.92 Å². The van der Waals surface area contributed by atoms with Crippen LogP contribution < -0.4 is 15.8 Å². The zero-order valence-electron chi connectivity index (χ0n) is 27.1. The average molecular weight is 687 g/mol. The molecule has 1 atom stereocenters. The molecule has 3 fully saturated rings. The number of aromatic amines is 1. The smallest absolute Gasteiger partial charge is 0.434 e. The first-order chi connectivity index (χ1) is 24.4. The molecule has 1 saturated carbocycles. The second kappa shape index (κ2) is 10.8. The van der Waals surface area contributed by atoms with E-state index in [9.17, 15) is 14.0 Å². The van der Waals surface area contributed by atoms with E-state index in [0.717, 1.165) is 63.5 Å². The Morgan fingerprint density at radius 2 is 1.96 bits per heavy atom. The predicted molar refractivity (Wildman–Crippen MR) is 186 cm³/mol. The molecule has 10 nitrogen and oxygen atoms in total. The summed E-state index contributed by atoms with van der Waals surface area (Å²) in [6, 6.07) is 16.7. The molecule has 1 spiro atoms. The van der Waals surface area contributed by atoms with Gasteiger partial charge in [-0.25, -0.2) is 19.3 Å². The Morgan fingerprint density at radius 3 is 2.76 bits per heavy atom. The molecule has 2 N–H and O–H groups in total. The Bertz CT molecular complexity index is 2430. The molecule has 5 aliphatic rings. The number of nitrogens with zero attached hydrogens (tertiary/aromatic N) is 4. The molecule has 1 amide bonds. The minimum Gasteiger partial charge on any atom is -0.496 e. The normalized spacial score (nSPS) is 21.3. The van der Waals surface area contributed by atoms with E-state index in [-0.39, 0.29) is 23.7 Å². The van der Waals surface area contributed by atoms with Crippen LogP contribution in [0.5, 0.6) is 5.75 Å². The molecule has 6 aromatic rings. The zero-order valence-corrected chi connectivity index (χ0v) is 27.9. The third kappa shape index (κ3) is 4.27. The molecule has 2 aromatic carbocycles. The van der Waals surface area contributed by atoms with Gasteiger partial charge < -0.3 is 19.4 Å². The molecule has 2 bridgehead atoms. The molecule has 250 valence electrons. The Balaban J connectivity index is 1.15. The van der Waals surface area contributed by atoms with E-state index in [0.29, 0.717) is 47.7 Å². The number of anilines is 1. The second-order valence-electron chi connectivity index (χ2n) is 13.8. The highest BCUT2D eigenvalue weighted by Gasteiger charge is 2.65. The van der Waals surface area contributed by atoms with Crippen molar-refractivity contribution in [2.75, 3.05) is 19.0 Å².